The molecule has 85 valence electrons. The summed E-state index contributed by atoms with van der Waals surface area (Å²) in [6, 6.07) is 18.4. The lowest BCUT2D eigenvalue weighted by Crippen LogP contribution is -1.89. The molecule has 1 radical (unpaired) electrons. The van der Waals surface area contributed by atoms with Crippen LogP contribution >= 0.6 is 0 Å². The van der Waals surface area contributed by atoms with Crippen LogP contribution in [0.5, 0.6) is 0 Å². The van der Waals surface area contributed by atoms with Gasteiger partial charge in [-0.05, 0) is 16.7 Å². The van der Waals surface area contributed by atoms with Gasteiger partial charge >= 0.3 is 0 Å². The number of benzene rings is 2. The molecule has 2 rings (SSSR count). The maximum atomic E-state index is 4.94. The van der Waals surface area contributed by atoms with Crippen molar-refractivity contribution in [2.24, 2.45) is 0 Å². The van der Waals surface area contributed by atoms with Crippen LogP contribution in [0.25, 0.3) is 12.2 Å². The summed E-state index contributed by atoms with van der Waals surface area (Å²) in [5.41, 5.74) is 3.51. The fourth-order valence-electron chi connectivity index (χ4n) is 1.69. The maximum absolute atomic E-state index is 4.94. The van der Waals surface area contributed by atoms with Crippen molar-refractivity contribution in [2.45, 2.75) is 6.61 Å². The van der Waals surface area contributed by atoms with E-state index in [4.69, 9.17) is 4.74 Å². The number of ether oxygens (including phenoxy) is 1. The summed E-state index contributed by atoms with van der Waals surface area (Å²) in [5, 5.41) is 0. The highest BCUT2D eigenvalue weighted by Gasteiger charge is 1.97. The molecule has 0 heterocycles. The van der Waals surface area contributed by atoms with Crippen molar-refractivity contribution >= 4 is 12.2 Å². The Morgan fingerprint density at radius 1 is 0.882 bits per heavy atom. The first-order valence-corrected chi connectivity index (χ1v) is 5.58. The molecule has 0 aromatic heterocycles. The predicted molar refractivity (Wildman–Crippen MR) is 72.0 cm³/mol. The summed E-state index contributed by atoms with van der Waals surface area (Å²) in [6.07, 6.45) is 4.20. The molecule has 2 aromatic carbocycles. The molecule has 1 nitrogen and oxygen atoms in total. The second-order valence-corrected chi connectivity index (χ2v) is 3.79. The molecule has 0 fully saturated rings. The van der Waals surface area contributed by atoms with Gasteiger partial charge in [0.05, 0.1) is 13.7 Å². The van der Waals surface area contributed by atoms with Gasteiger partial charge in [-0.2, -0.15) is 0 Å². The molecule has 1 heteroatoms. The second-order valence-electron chi connectivity index (χ2n) is 3.79. The van der Waals surface area contributed by atoms with E-state index >= 15 is 0 Å². The van der Waals surface area contributed by atoms with E-state index in [1.54, 1.807) is 0 Å². The SMILES string of the molecule is [CH2]OCc1ccccc1/C=C/c1ccccc1. The molecule has 0 N–H and O–H groups in total. The quantitative estimate of drug-likeness (QED) is 0.707. The van der Waals surface area contributed by atoms with Crippen molar-refractivity contribution in [3.05, 3.63) is 78.4 Å². The summed E-state index contributed by atoms with van der Waals surface area (Å²) < 4.78 is 4.94. The Kier molecular flexibility index (Phi) is 4.11. The zero-order chi connectivity index (χ0) is 11.9. The summed E-state index contributed by atoms with van der Waals surface area (Å²) in [5.74, 6) is 0. The van der Waals surface area contributed by atoms with Crippen LogP contribution in [-0.2, 0) is 11.3 Å². The van der Waals surface area contributed by atoms with Gasteiger partial charge in [0.2, 0.25) is 0 Å². The van der Waals surface area contributed by atoms with E-state index in [2.05, 4.69) is 43.5 Å². The van der Waals surface area contributed by atoms with Gasteiger partial charge in [-0.1, -0.05) is 66.7 Å². The highest BCUT2D eigenvalue weighted by atomic mass is 16.5. The second kappa shape index (κ2) is 6.02. The molecule has 0 spiro atoms. The van der Waals surface area contributed by atoms with Crippen LogP contribution in [0.2, 0.25) is 0 Å². The van der Waals surface area contributed by atoms with Crippen molar-refractivity contribution in [3.8, 4) is 0 Å². The Hall–Kier alpha value is -1.86. The summed E-state index contributed by atoms with van der Waals surface area (Å²) in [4.78, 5) is 0. The lowest BCUT2D eigenvalue weighted by Gasteiger charge is -2.03. The van der Waals surface area contributed by atoms with Gasteiger partial charge in [0.25, 0.3) is 0 Å². The zero-order valence-electron chi connectivity index (χ0n) is 9.67. The first-order chi connectivity index (χ1) is 8.40. The summed E-state index contributed by atoms with van der Waals surface area (Å²) >= 11 is 0. The molecule has 0 amide bonds. The third-order valence-electron chi connectivity index (χ3n) is 2.57. The first-order valence-electron chi connectivity index (χ1n) is 5.58. The van der Waals surface area contributed by atoms with Gasteiger partial charge in [-0.25, -0.2) is 0 Å². The minimum atomic E-state index is 0.537. The number of rotatable bonds is 4. The van der Waals surface area contributed by atoms with Gasteiger partial charge in [0, 0.05) is 0 Å². The first kappa shape index (κ1) is 11.6. The van der Waals surface area contributed by atoms with Gasteiger partial charge < -0.3 is 4.74 Å². The van der Waals surface area contributed by atoms with E-state index < -0.39 is 0 Å². The van der Waals surface area contributed by atoms with E-state index in [9.17, 15) is 0 Å². The molecule has 0 atom stereocenters. The Morgan fingerprint density at radius 2 is 1.59 bits per heavy atom. The molecule has 0 aliphatic rings. The Labute approximate surface area is 102 Å². The van der Waals surface area contributed by atoms with E-state index in [0.29, 0.717) is 6.61 Å². The molecule has 0 bridgehead atoms. The predicted octanol–water partition coefficient (Wildman–Crippen LogP) is 4.17. The molecule has 2 aromatic rings. The average molecular weight is 223 g/mol. The van der Waals surface area contributed by atoms with Crippen LogP contribution in [0, 0.1) is 7.11 Å². The summed E-state index contributed by atoms with van der Waals surface area (Å²) in [7, 11) is 3.42. The van der Waals surface area contributed by atoms with Crippen molar-refractivity contribution in [2.75, 3.05) is 0 Å². The van der Waals surface area contributed by atoms with E-state index in [1.165, 1.54) is 11.1 Å². The Bertz CT molecular complexity index is 486. The zero-order valence-corrected chi connectivity index (χ0v) is 9.67. The molecule has 0 saturated heterocycles. The van der Waals surface area contributed by atoms with E-state index in [1.807, 2.05) is 30.3 Å². The van der Waals surface area contributed by atoms with Crippen LogP contribution in [-0.4, -0.2) is 0 Å². The molecule has 0 saturated carbocycles. The monoisotopic (exact) mass is 223 g/mol. The highest BCUT2D eigenvalue weighted by molar-refractivity contribution is 5.71. The standard InChI is InChI=1S/C16H15O/c1-17-13-16-10-6-5-9-15(16)12-11-14-7-3-2-4-8-14/h2-12H,1,13H2/b12-11+. The fraction of sp³-hybridized carbons (Fsp3) is 0.0625. The van der Waals surface area contributed by atoms with Crippen molar-refractivity contribution < 1.29 is 4.74 Å². The largest absolute Gasteiger partial charge is 0.374 e. The van der Waals surface area contributed by atoms with Crippen LogP contribution in [0.4, 0.5) is 0 Å². The van der Waals surface area contributed by atoms with Crippen LogP contribution < -0.4 is 0 Å². The molecular formula is C16H15O. The third kappa shape index (κ3) is 3.30. The lowest BCUT2D eigenvalue weighted by molar-refractivity contribution is 0.229. The van der Waals surface area contributed by atoms with E-state index in [0.717, 1.165) is 5.56 Å². The van der Waals surface area contributed by atoms with Crippen LogP contribution in [0.1, 0.15) is 16.7 Å². The van der Waals surface area contributed by atoms with Gasteiger partial charge in [-0.3, -0.25) is 0 Å². The van der Waals surface area contributed by atoms with Crippen molar-refractivity contribution in [3.63, 3.8) is 0 Å². The van der Waals surface area contributed by atoms with Gasteiger partial charge in [0.1, 0.15) is 0 Å². The van der Waals surface area contributed by atoms with Gasteiger partial charge in [-0.15, -0.1) is 0 Å². The highest BCUT2D eigenvalue weighted by Crippen LogP contribution is 2.14. The smallest absolute Gasteiger partial charge is 0.0723 e. The van der Waals surface area contributed by atoms with Gasteiger partial charge in [0.15, 0.2) is 0 Å². The summed E-state index contributed by atoms with van der Waals surface area (Å²) in [6.45, 7) is 0.537. The normalized spacial score (nSPS) is 10.9. The fourth-order valence-corrected chi connectivity index (χ4v) is 1.69. The van der Waals surface area contributed by atoms with Crippen molar-refractivity contribution in [1.29, 1.82) is 0 Å². The molecule has 0 aliphatic heterocycles. The Balaban J connectivity index is 2.21. The van der Waals surface area contributed by atoms with E-state index in [-0.39, 0.29) is 0 Å². The molecule has 17 heavy (non-hydrogen) atoms. The molecular weight excluding hydrogens is 208 g/mol. The molecule has 0 aliphatic carbocycles. The average Bonchev–Trinajstić information content (AvgIpc) is 2.39. The Morgan fingerprint density at radius 3 is 2.35 bits per heavy atom. The third-order valence-corrected chi connectivity index (χ3v) is 2.57. The number of hydrogen-bond donors (Lipinski definition) is 0. The minimum Gasteiger partial charge on any atom is -0.374 e. The maximum Gasteiger partial charge on any atom is 0.0723 e. The van der Waals surface area contributed by atoms with Crippen LogP contribution in [0.15, 0.2) is 54.6 Å². The molecule has 0 unspecified atom stereocenters. The lowest BCUT2D eigenvalue weighted by atomic mass is 10.1. The van der Waals surface area contributed by atoms with Crippen molar-refractivity contribution in [1.82, 2.24) is 0 Å². The minimum absolute atomic E-state index is 0.537. The number of hydrogen-bond acceptors (Lipinski definition) is 1. The topological polar surface area (TPSA) is 9.23 Å². The van der Waals surface area contributed by atoms with Crippen LogP contribution in [0.3, 0.4) is 0 Å².